The van der Waals surface area contributed by atoms with E-state index in [4.69, 9.17) is 0 Å². The third kappa shape index (κ3) is 4.04. The molecule has 0 aliphatic carbocycles. The maximum Gasteiger partial charge on any atom is 0.235 e. The molecule has 1 amide bonds. The van der Waals surface area contributed by atoms with Crippen molar-refractivity contribution in [1.82, 2.24) is 20.1 Å². The molecule has 7 heteroatoms. The maximum absolute atomic E-state index is 12.5. The van der Waals surface area contributed by atoms with Crippen LogP contribution in [0.4, 0.5) is 0 Å². The molecule has 0 fully saturated rings. The zero-order valence-electron chi connectivity index (χ0n) is 13.5. The summed E-state index contributed by atoms with van der Waals surface area (Å²) in [6.07, 6.45) is 0. The molecule has 0 spiro atoms. The third-order valence-corrected chi connectivity index (χ3v) is 5.31. The molecule has 1 atom stereocenters. The van der Waals surface area contributed by atoms with Gasteiger partial charge in [0.15, 0.2) is 5.82 Å². The number of carbonyl (C=O) groups excluding carboxylic acids is 1. The van der Waals surface area contributed by atoms with Gasteiger partial charge in [0.2, 0.25) is 11.1 Å². The van der Waals surface area contributed by atoms with Crippen molar-refractivity contribution in [2.24, 2.45) is 0 Å². The topological polar surface area (TPSA) is 61.9 Å². The smallest absolute Gasteiger partial charge is 0.235 e. The maximum atomic E-state index is 12.5. The summed E-state index contributed by atoms with van der Waals surface area (Å²) in [5, 5.41) is 9.47. The van der Waals surface area contributed by atoms with Gasteiger partial charge in [0, 0.05) is 13.6 Å². The number of H-pyrrole nitrogens is 1. The van der Waals surface area contributed by atoms with E-state index in [1.807, 2.05) is 61.8 Å². The van der Waals surface area contributed by atoms with Crippen molar-refractivity contribution < 1.29 is 4.79 Å². The van der Waals surface area contributed by atoms with Crippen LogP contribution in [-0.2, 0) is 11.3 Å². The molecule has 0 bridgehead atoms. The first kappa shape index (κ1) is 16.7. The average molecular weight is 358 g/mol. The molecule has 2 aromatic heterocycles. The first-order valence-electron chi connectivity index (χ1n) is 7.55. The molecule has 3 rings (SSSR count). The Morgan fingerprint density at radius 3 is 2.79 bits per heavy atom. The summed E-state index contributed by atoms with van der Waals surface area (Å²) in [6, 6.07) is 13.9. The molecule has 5 nitrogen and oxygen atoms in total. The summed E-state index contributed by atoms with van der Waals surface area (Å²) in [7, 11) is 1.82. The minimum Gasteiger partial charge on any atom is -0.340 e. The number of carbonyl (C=O) groups is 1. The number of hydrogen-bond acceptors (Lipinski definition) is 5. The molecule has 1 N–H and O–H groups in total. The number of hydrogen-bond donors (Lipinski definition) is 1. The quantitative estimate of drug-likeness (QED) is 0.683. The van der Waals surface area contributed by atoms with Crippen LogP contribution in [-0.4, -0.2) is 38.3 Å². The van der Waals surface area contributed by atoms with Gasteiger partial charge in [0.05, 0.1) is 10.1 Å². The van der Waals surface area contributed by atoms with E-state index in [-0.39, 0.29) is 11.2 Å². The summed E-state index contributed by atoms with van der Waals surface area (Å²) < 4.78 is 0. The number of thiophene rings is 1. The van der Waals surface area contributed by atoms with Gasteiger partial charge in [-0.1, -0.05) is 48.2 Å². The Hall–Kier alpha value is -2.12. The number of aromatic amines is 1. The normalized spacial score (nSPS) is 12.1. The summed E-state index contributed by atoms with van der Waals surface area (Å²) in [5.41, 5.74) is 1.11. The monoisotopic (exact) mass is 358 g/mol. The van der Waals surface area contributed by atoms with Crippen molar-refractivity contribution in [3.8, 4) is 10.7 Å². The van der Waals surface area contributed by atoms with E-state index in [9.17, 15) is 4.79 Å². The highest BCUT2D eigenvalue weighted by Crippen LogP contribution is 2.26. The van der Waals surface area contributed by atoms with Crippen LogP contribution < -0.4 is 0 Å². The molecule has 0 aliphatic heterocycles. The van der Waals surface area contributed by atoms with E-state index in [1.54, 1.807) is 16.2 Å². The predicted molar refractivity (Wildman–Crippen MR) is 97.9 cm³/mol. The highest BCUT2D eigenvalue weighted by Gasteiger charge is 2.21. The van der Waals surface area contributed by atoms with E-state index in [0.29, 0.717) is 11.7 Å². The van der Waals surface area contributed by atoms with Gasteiger partial charge in [-0.15, -0.1) is 16.4 Å². The van der Waals surface area contributed by atoms with Crippen LogP contribution in [0.5, 0.6) is 0 Å². The molecule has 0 aliphatic rings. The van der Waals surface area contributed by atoms with Gasteiger partial charge >= 0.3 is 0 Å². The Balaban J connectivity index is 1.60. The number of benzene rings is 1. The van der Waals surface area contributed by atoms with Crippen LogP contribution >= 0.6 is 23.1 Å². The molecule has 2 heterocycles. The Morgan fingerprint density at radius 2 is 2.08 bits per heavy atom. The third-order valence-electron chi connectivity index (χ3n) is 3.49. The largest absolute Gasteiger partial charge is 0.340 e. The lowest BCUT2D eigenvalue weighted by atomic mass is 10.2. The van der Waals surface area contributed by atoms with Crippen LogP contribution in [0.3, 0.4) is 0 Å². The molecule has 3 aromatic rings. The fourth-order valence-corrected chi connectivity index (χ4v) is 3.78. The number of thioether (sulfide) groups is 1. The minimum absolute atomic E-state index is 0.0614. The Bertz CT molecular complexity index is 786. The fourth-order valence-electron chi connectivity index (χ4n) is 2.28. The van der Waals surface area contributed by atoms with Crippen LogP contribution in [0.2, 0.25) is 0 Å². The number of rotatable bonds is 6. The Labute approximate surface area is 149 Å². The number of aromatic nitrogens is 3. The molecule has 0 saturated heterocycles. The van der Waals surface area contributed by atoms with Gasteiger partial charge in [-0.25, -0.2) is 4.98 Å². The van der Waals surface area contributed by atoms with Gasteiger partial charge in [0.25, 0.3) is 0 Å². The second-order valence-corrected chi connectivity index (χ2v) is 7.64. The van der Waals surface area contributed by atoms with Gasteiger partial charge in [0.1, 0.15) is 0 Å². The molecule has 124 valence electrons. The number of amides is 1. The van der Waals surface area contributed by atoms with Crippen LogP contribution in [0.25, 0.3) is 10.7 Å². The lowest BCUT2D eigenvalue weighted by molar-refractivity contribution is -0.129. The highest BCUT2D eigenvalue weighted by atomic mass is 32.2. The van der Waals surface area contributed by atoms with Crippen molar-refractivity contribution in [3.05, 3.63) is 53.4 Å². The highest BCUT2D eigenvalue weighted by molar-refractivity contribution is 8.00. The molecule has 24 heavy (non-hydrogen) atoms. The first-order valence-corrected chi connectivity index (χ1v) is 9.31. The molecule has 0 radical (unpaired) electrons. The van der Waals surface area contributed by atoms with Crippen LogP contribution in [0.15, 0.2) is 53.0 Å². The summed E-state index contributed by atoms with van der Waals surface area (Å²) in [6.45, 7) is 2.48. The van der Waals surface area contributed by atoms with Crippen LogP contribution in [0, 0.1) is 0 Å². The summed E-state index contributed by atoms with van der Waals surface area (Å²) in [4.78, 5) is 19.8. The summed E-state index contributed by atoms with van der Waals surface area (Å²) in [5.74, 6) is 0.802. The average Bonchev–Trinajstić information content (AvgIpc) is 3.26. The van der Waals surface area contributed by atoms with Gasteiger partial charge < -0.3 is 4.90 Å². The Morgan fingerprint density at radius 1 is 1.29 bits per heavy atom. The second-order valence-electron chi connectivity index (χ2n) is 5.38. The van der Waals surface area contributed by atoms with Crippen molar-refractivity contribution in [2.75, 3.05) is 7.05 Å². The van der Waals surface area contributed by atoms with E-state index in [2.05, 4.69) is 15.2 Å². The van der Waals surface area contributed by atoms with Crippen molar-refractivity contribution in [2.45, 2.75) is 23.9 Å². The van der Waals surface area contributed by atoms with E-state index in [0.717, 1.165) is 16.3 Å². The summed E-state index contributed by atoms with van der Waals surface area (Å²) >= 11 is 2.97. The molecule has 0 saturated carbocycles. The molecule has 0 unspecified atom stereocenters. The first-order chi connectivity index (χ1) is 11.6. The number of nitrogens with one attached hydrogen (secondary N) is 1. The number of nitrogens with zero attached hydrogens (tertiary/aromatic N) is 3. The van der Waals surface area contributed by atoms with Crippen molar-refractivity contribution >= 4 is 29.0 Å². The van der Waals surface area contributed by atoms with Crippen LogP contribution in [0.1, 0.15) is 12.5 Å². The SMILES string of the molecule is C[C@H](Sc1n[nH]c(-c2cccs2)n1)C(=O)N(C)Cc1ccccc1. The van der Waals surface area contributed by atoms with Crippen molar-refractivity contribution in [1.29, 1.82) is 0 Å². The minimum atomic E-state index is -0.245. The van der Waals surface area contributed by atoms with Gasteiger partial charge in [-0.05, 0) is 23.9 Å². The lowest BCUT2D eigenvalue weighted by Gasteiger charge is -2.20. The molecular formula is C17H18N4OS2. The molecule has 1 aromatic carbocycles. The molecular weight excluding hydrogens is 340 g/mol. The van der Waals surface area contributed by atoms with E-state index >= 15 is 0 Å². The Kier molecular flexibility index (Phi) is 5.32. The zero-order valence-corrected chi connectivity index (χ0v) is 15.1. The zero-order chi connectivity index (χ0) is 16.9. The predicted octanol–water partition coefficient (Wildman–Crippen LogP) is 3.67. The van der Waals surface area contributed by atoms with Crippen molar-refractivity contribution in [3.63, 3.8) is 0 Å². The standard InChI is InChI=1S/C17H18N4OS2/c1-12(16(22)21(2)11-13-7-4-3-5-8-13)24-17-18-15(19-20-17)14-9-6-10-23-14/h3-10,12H,11H2,1-2H3,(H,18,19,20)/t12-/m0/s1. The fraction of sp³-hybridized carbons (Fsp3) is 0.235. The van der Waals surface area contributed by atoms with E-state index in [1.165, 1.54) is 11.8 Å². The lowest BCUT2D eigenvalue weighted by Crippen LogP contribution is -2.32. The van der Waals surface area contributed by atoms with Gasteiger partial charge in [-0.2, -0.15) is 0 Å². The van der Waals surface area contributed by atoms with Gasteiger partial charge in [-0.3, -0.25) is 9.89 Å². The second kappa shape index (κ2) is 7.63. The van der Waals surface area contributed by atoms with E-state index < -0.39 is 0 Å².